The molecule has 0 unspecified atom stereocenters. The lowest BCUT2D eigenvalue weighted by Crippen LogP contribution is -2.60. The third-order valence-electron chi connectivity index (χ3n) is 21.2. The van der Waals surface area contributed by atoms with Crippen LogP contribution in [0.4, 0.5) is 15.3 Å². The summed E-state index contributed by atoms with van der Waals surface area (Å²) in [5.41, 5.74) is 12.6. The van der Waals surface area contributed by atoms with E-state index in [4.69, 9.17) is 63.6 Å². The molecule has 0 spiro atoms. The van der Waals surface area contributed by atoms with Gasteiger partial charge in [0, 0.05) is 84.8 Å². The quantitative estimate of drug-likeness (QED) is 0.0423. The van der Waals surface area contributed by atoms with E-state index in [9.17, 15) is 53.1 Å². The summed E-state index contributed by atoms with van der Waals surface area (Å²) in [6, 6.07) is 4.70. The van der Waals surface area contributed by atoms with Crippen molar-refractivity contribution in [3.8, 4) is 0 Å². The van der Waals surface area contributed by atoms with Crippen LogP contribution in [0.2, 0.25) is 0 Å². The van der Waals surface area contributed by atoms with Gasteiger partial charge in [0.1, 0.15) is 30.8 Å². The number of likely N-dealkylation sites (N-methyl/N-ethyl adjacent to an activating group) is 2. The zero-order valence-corrected chi connectivity index (χ0v) is 75.9. The largest absolute Gasteiger partial charge is 0.445 e. The summed E-state index contributed by atoms with van der Waals surface area (Å²) in [4.78, 5) is 160. The summed E-state index contributed by atoms with van der Waals surface area (Å²) < 4.78 is 61.3. The zero-order valence-electron chi connectivity index (χ0n) is 75.9. The van der Waals surface area contributed by atoms with Crippen LogP contribution >= 0.6 is 0 Å². The number of aliphatic hydroxyl groups excluding tert-OH is 1. The van der Waals surface area contributed by atoms with Gasteiger partial charge in [-0.15, -0.1) is 0 Å². The van der Waals surface area contributed by atoms with Crippen LogP contribution in [0, 0.1) is 29.6 Å². The van der Waals surface area contributed by atoms with Gasteiger partial charge in [-0.05, 0) is 107 Å². The maximum Gasteiger partial charge on any atom is 0.410 e. The van der Waals surface area contributed by atoms with Crippen molar-refractivity contribution in [2.75, 3.05) is 187 Å². The van der Waals surface area contributed by atoms with Crippen molar-refractivity contribution < 1.29 is 110 Å². The molecule has 123 heavy (non-hydrogen) atoms. The van der Waals surface area contributed by atoms with E-state index in [0.29, 0.717) is 130 Å². The number of aliphatic hydroxyl groups is 1. The number of methoxy groups -OCH3 is 3. The lowest BCUT2D eigenvalue weighted by atomic mass is 9.89. The fourth-order valence-corrected chi connectivity index (χ4v) is 14.0. The Morgan fingerprint density at radius 2 is 1.15 bits per heavy atom. The number of likely N-dealkylation sites (tertiary alicyclic amines) is 1. The predicted octanol–water partition coefficient (Wildman–Crippen LogP) is 3.26. The van der Waals surface area contributed by atoms with E-state index in [-0.39, 0.29) is 105 Å². The van der Waals surface area contributed by atoms with Gasteiger partial charge in [-0.2, -0.15) is 0 Å². The molecular weight excluding hydrogens is 1600 g/mol. The summed E-state index contributed by atoms with van der Waals surface area (Å²) in [6.45, 7) is 24.9. The molecule has 0 radical (unpaired) electrons. The van der Waals surface area contributed by atoms with Crippen molar-refractivity contribution in [1.29, 1.82) is 0 Å². The number of rotatable bonds is 65. The fourth-order valence-electron chi connectivity index (χ4n) is 14.0. The number of nitrogens with two attached hydrogens (primary N) is 2. The van der Waals surface area contributed by atoms with Gasteiger partial charge in [-0.25, -0.2) is 9.59 Å². The minimum Gasteiger partial charge on any atom is -0.445 e. The maximum atomic E-state index is 15.0. The minimum atomic E-state index is -1.30. The second-order valence-corrected chi connectivity index (χ2v) is 32.1. The summed E-state index contributed by atoms with van der Waals surface area (Å²) in [5, 5.41) is 33.2. The molecule has 1 saturated heterocycles. The van der Waals surface area contributed by atoms with Gasteiger partial charge >= 0.3 is 12.1 Å². The lowest BCUT2D eigenvalue weighted by molar-refractivity contribution is -0.148. The standard InChI is InChI=1S/C86H148N14O23/c1-18-59(8)75(69(114-16)54-71(102)100-37-23-28-68(100)77(115-17)60(9)78(104)92-61(10)76(103)62-25-20-19-21-26-62)98(13)84(110)73(57(4)5)96-83(109)74(58(6)7)99(14)86(112)123-55-63-29-30-64(53-65(63)79(105)90-34-24-36-97(11)12)93-81(107)67(27-22-33-91-85(88)111)94-82(108)72(56(2)3)95-80(106)66(87)31-32-70(101)89-35-38-116-41-42-118-45-46-120-49-50-122-52-51-121-48-47-119-44-43-117-40-39-113-15/h19-21,25-26,29-30,53,56-61,66-69,72-77,103H,18,22-24,27-28,31-52,54-55,87H2,1-17H3,(H,89,101)(H,90,105)(H,92,104)(H,93,107)(H,94,108)(H,95,106)(H,96,109)(H3,88,91,111)/t59-,60+,61+,66-,67-,68-,69+,72-,73-,74-,75-,76+,77+/m0/s1. The van der Waals surface area contributed by atoms with Crippen LogP contribution in [-0.2, 0) is 97.1 Å². The number of benzene rings is 2. The van der Waals surface area contributed by atoms with Gasteiger partial charge in [0.15, 0.2) is 0 Å². The van der Waals surface area contributed by atoms with Gasteiger partial charge in [0.25, 0.3) is 5.91 Å². The number of primary amides is 1. The lowest BCUT2D eigenvalue weighted by Gasteiger charge is -2.41. The average molecular weight is 1750 g/mol. The van der Waals surface area contributed by atoms with Crippen molar-refractivity contribution in [3.05, 3.63) is 65.2 Å². The number of nitrogens with one attached hydrogen (secondary N) is 8. The predicted molar refractivity (Wildman–Crippen MR) is 462 cm³/mol. The first-order valence-electron chi connectivity index (χ1n) is 43.1. The summed E-state index contributed by atoms with van der Waals surface area (Å²) >= 11 is 0. The Bertz CT molecular complexity index is 3440. The molecule has 0 saturated carbocycles. The Labute approximate surface area is 727 Å². The first-order valence-corrected chi connectivity index (χ1v) is 43.1. The number of carbonyl (C=O) groups excluding carboxylic acids is 11. The Kier molecular flexibility index (Phi) is 54.1. The van der Waals surface area contributed by atoms with Gasteiger partial charge in [0.05, 0.1) is 154 Å². The third kappa shape index (κ3) is 40.7. The van der Waals surface area contributed by atoms with Crippen LogP contribution in [0.3, 0.4) is 0 Å². The van der Waals surface area contributed by atoms with Crippen LogP contribution in [0.1, 0.15) is 155 Å². The molecule has 0 bridgehead atoms. The number of urea groups is 1. The molecule has 12 amide bonds. The van der Waals surface area contributed by atoms with Crippen LogP contribution in [-0.4, -0.2) is 332 Å². The van der Waals surface area contributed by atoms with E-state index in [1.54, 1.807) is 86.6 Å². The van der Waals surface area contributed by atoms with Crippen LogP contribution in [0.15, 0.2) is 48.5 Å². The van der Waals surface area contributed by atoms with Crippen molar-refractivity contribution in [1.82, 2.24) is 56.8 Å². The molecule has 0 aromatic heterocycles. The van der Waals surface area contributed by atoms with Crippen molar-refractivity contribution in [2.45, 2.75) is 200 Å². The first-order chi connectivity index (χ1) is 58.6. The second kappa shape index (κ2) is 61.1. The summed E-state index contributed by atoms with van der Waals surface area (Å²) in [5.74, 6) is -7.42. The molecule has 1 heterocycles. The molecule has 1 fully saturated rings. The summed E-state index contributed by atoms with van der Waals surface area (Å²) in [6.07, 6.45) is -1.28. The number of nitrogens with zero attached hydrogens (tertiary/aromatic N) is 4. The third-order valence-corrected chi connectivity index (χ3v) is 21.2. The Morgan fingerprint density at radius 3 is 1.67 bits per heavy atom. The van der Waals surface area contributed by atoms with E-state index in [0.717, 1.165) is 4.90 Å². The zero-order chi connectivity index (χ0) is 91.5. The Morgan fingerprint density at radius 1 is 0.585 bits per heavy atom. The van der Waals surface area contributed by atoms with E-state index >= 15 is 4.79 Å². The van der Waals surface area contributed by atoms with E-state index in [2.05, 4.69) is 42.5 Å². The number of carbonyl (C=O) groups is 11. The monoisotopic (exact) mass is 1750 g/mol. The SMILES string of the molecule is CC[C@H](C)[C@@H]([C@@H](CC(=O)N1CCC[C@H]1[C@H](OC)[C@@H](C)C(=O)N[C@H](C)[C@@H](O)c1ccccc1)OC)N(C)C(=O)[C@@H](NC(=O)[C@H](C(C)C)N(C)C(=O)OCc1ccc(NC(=O)[C@H](CCCNC(N)=O)NC(=O)[C@@H](NC(=O)[C@@H](N)CCC(=O)NCCOCCOCCOCCOCCOCCOCCOCCOC)C(C)C)cc1C(=O)NCCCN(C)C)C(C)C. The van der Waals surface area contributed by atoms with Crippen LogP contribution in [0.5, 0.6) is 0 Å². The number of hydrogen-bond donors (Lipinski definition) is 11. The van der Waals surface area contributed by atoms with Crippen molar-refractivity contribution in [3.63, 3.8) is 0 Å². The number of anilines is 1. The molecule has 37 nitrogen and oxygen atoms in total. The average Bonchev–Trinajstić information content (AvgIpc) is 1.76. The molecule has 1 aliphatic heterocycles. The Hall–Kier alpha value is -8.31. The van der Waals surface area contributed by atoms with Crippen molar-refractivity contribution in [2.24, 2.45) is 41.1 Å². The molecule has 0 aliphatic carbocycles. The molecule has 37 heteroatoms. The highest BCUT2D eigenvalue weighted by molar-refractivity contribution is 6.01. The van der Waals surface area contributed by atoms with E-state index in [1.165, 1.54) is 44.4 Å². The topological polar surface area (TPSA) is 471 Å². The molecule has 1 aliphatic rings. The van der Waals surface area contributed by atoms with Crippen molar-refractivity contribution >= 4 is 71.0 Å². The fraction of sp³-hybridized carbons (Fsp3) is 0.733. The highest BCUT2D eigenvalue weighted by Crippen LogP contribution is 2.31. The molecule has 2 aromatic rings. The highest BCUT2D eigenvalue weighted by atomic mass is 16.6. The number of amides is 12. The second-order valence-electron chi connectivity index (χ2n) is 32.1. The van der Waals surface area contributed by atoms with Gasteiger partial charge in [-0.1, -0.05) is 105 Å². The van der Waals surface area contributed by atoms with Gasteiger partial charge < -0.3 is 126 Å². The normalized spacial score (nSPS) is 15.8. The van der Waals surface area contributed by atoms with E-state index in [1.807, 2.05) is 51.0 Å². The highest BCUT2D eigenvalue weighted by Gasteiger charge is 2.44. The molecular formula is C86H148N14O23. The van der Waals surface area contributed by atoms with Gasteiger partial charge in [0.2, 0.25) is 47.3 Å². The molecule has 13 N–H and O–H groups in total. The molecule has 700 valence electrons. The number of ether oxygens (including phenoxy) is 11. The molecule has 13 atom stereocenters. The smallest absolute Gasteiger partial charge is 0.410 e. The molecule has 2 aromatic carbocycles. The number of hydrogen-bond acceptors (Lipinski definition) is 25. The van der Waals surface area contributed by atoms with Gasteiger partial charge in [-0.3, -0.25) is 48.1 Å². The Balaban J connectivity index is 1.67. The maximum absolute atomic E-state index is 15.0. The molecule has 3 rings (SSSR count). The van der Waals surface area contributed by atoms with Crippen LogP contribution < -0.4 is 54.0 Å². The van der Waals surface area contributed by atoms with Crippen LogP contribution in [0.25, 0.3) is 0 Å². The van der Waals surface area contributed by atoms with E-state index < -0.39 is 144 Å². The first kappa shape index (κ1) is 109. The summed E-state index contributed by atoms with van der Waals surface area (Å²) in [7, 11) is 11.4. The minimum absolute atomic E-state index is 0.00338.